The number of carbonyl (C=O) groups excluding carboxylic acids is 1. The number of halogens is 1. The van der Waals surface area contributed by atoms with Gasteiger partial charge in [-0.05, 0) is 43.5 Å². The zero-order valence-corrected chi connectivity index (χ0v) is 10.8. The summed E-state index contributed by atoms with van der Waals surface area (Å²) in [6.45, 7) is 4.70. The maximum absolute atomic E-state index is 13.2. The van der Waals surface area contributed by atoms with Gasteiger partial charge in [-0.3, -0.25) is 4.79 Å². The minimum atomic E-state index is -0.631. The van der Waals surface area contributed by atoms with E-state index in [1.54, 1.807) is 0 Å². The molecule has 0 saturated heterocycles. The van der Waals surface area contributed by atoms with Crippen molar-refractivity contribution < 1.29 is 13.6 Å². The lowest BCUT2D eigenvalue weighted by Gasteiger charge is -2.17. The molecule has 0 aliphatic heterocycles. The molecule has 0 radical (unpaired) electrons. The van der Waals surface area contributed by atoms with E-state index in [1.807, 2.05) is 13.8 Å². The summed E-state index contributed by atoms with van der Waals surface area (Å²) in [5, 5.41) is 0.629. The van der Waals surface area contributed by atoms with Gasteiger partial charge >= 0.3 is 5.63 Å². The van der Waals surface area contributed by atoms with Gasteiger partial charge in [0.25, 0.3) is 5.91 Å². The maximum Gasteiger partial charge on any atom is 0.344 e. The first-order chi connectivity index (χ1) is 9.06. The van der Waals surface area contributed by atoms with E-state index >= 15 is 0 Å². The first-order valence-corrected chi connectivity index (χ1v) is 6.09. The van der Waals surface area contributed by atoms with Crippen LogP contribution in [0.2, 0.25) is 0 Å². The van der Waals surface area contributed by atoms with Crippen molar-refractivity contribution in [2.75, 3.05) is 13.1 Å². The number of hydrogen-bond acceptors (Lipinski definition) is 3. The lowest BCUT2D eigenvalue weighted by Crippen LogP contribution is -2.31. The lowest BCUT2D eigenvalue weighted by molar-refractivity contribution is 0.0737. The van der Waals surface area contributed by atoms with E-state index in [0.29, 0.717) is 18.5 Å². The molecule has 0 unspecified atom stereocenters. The molecule has 0 aliphatic rings. The fraction of sp³-hybridized carbons (Fsp3) is 0.286. The SMILES string of the molecule is CCN(CC)C(=O)c1cc2cc(F)ccc2c(=O)o1. The summed E-state index contributed by atoms with van der Waals surface area (Å²) in [6, 6.07) is 5.15. The lowest BCUT2D eigenvalue weighted by atomic mass is 10.1. The molecule has 1 aromatic heterocycles. The van der Waals surface area contributed by atoms with Crippen LogP contribution in [-0.2, 0) is 0 Å². The second-order valence-corrected chi connectivity index (χ2v) is 4.11. The van der Waals surface area contributed by atoms with Gasteiger partial charge in [0, 0.05) is 13.1 Å². The molecule has 0 atom stereocenters. The van der Waals surface area contributed by atoms with Gasteiger partial charge in [-0.15, -0.1) is 0 Å². The van der Waals surface area contributed by atoms with Gasteiger partial charge in [0.2, 0.25) is 0 Å². The summed E-state index contributed by atoms with van der Waals surface area (Å²) in [5.74, 6) is -0.889. The molecule has 2 rings (SSSR count). The first-order valence-electron chi connectivity index (χ1n) is 6.09. The fourth-order valence-electron chi connectivity index (χ4n) is 1.94. The molecule has 1 aromatic carbocycles. The third-order valence-corrected chi connectivity index (χ3v) is 2.98. The van der Waals surface area contributed by atoms with Crippen LogP contribution >= 0.6 is 0 Å². The van der Waals surface area contributed by atoms with Gasteiger partial charge in [-0.2, -0.15) is 0 Å². The van der Waals surface area contributed by atoms with E-state index in [0.717, 1.165) is 0 Å². The van der Waals surface area contributed by atoms with E-state index in [-0.39, 0.29) is 17.1 Å². The van der Waals surface area contributed by atoms with Crippen LogP contribution in [0.3, 0.4) is 0 Å². The fourth-order valence-corrected chi connectivity index (χ4v) is 1.94. The van der Waals surface area contributed by atoms with Crippen LogP contribution in [0, 0.1) is 5.82 Å². The Labute approximate surface area is 109 Å². The predicted molar refractivity (Wildman–Crippen MR) is 69.7 cm³/mol. The van der Waals surface area contributed by atoms with Crippen molar-refractivity contribution in [2.24, 2.45) is 0 Å². The van der Waals surface area contributed by atoms with E-state index in [1.165, 1.54) is 29.2 Å². The van der Waals surface area contributed by atoms with Crippen LogP contribution < -0.4 is 5.63 Å². The summed E-state index contributed by atoms with van der Waals surface area (Å²) < 4.78 is 18.2. The summed E-state index contributed by atoms with van der Waals surface area (Å²) >= 11 is 0. The average Bonchev–Trinajstić information content (AvgIpc) is 2.39. The zero-order chi connectivity index (χ0) is 14.0. The largest absolute Gasteiger partial charge is 0.417 e. The number of amides is 1. The zero-order valence-electron chi connectivity index (χ0n) is 10.8. The Balaban J connectivity index is 2.57. The Bertz CT molecular complexity index is 674. The third kappa shape index (κ3) is 2.50. The Hall–Kier alpha value is -2.17. The Morgan fingerprint density at radius 2 is 1.95 bits per heavy atom. The molecule has 0 saturated carbocycles. The van der Waals surface area contributed by atoms with Gasteiger partial charge in [-0.25, -0.2) is 9.18 Å². The number of hydrogen-bond donors (Lipinski definition) is 0. The molecule has 0 spiro atoms. The Morgan fingerprint density at radius 1 is 1.26 bits per heavy atom. The topological polar surface area (TPSA) is 50.5 Å². The van der Waals surface area contributed by atoms with Crippen molar-refractivity contribution in [3.05, 3.63) is 46.3 Å². The average molecular weight is 263 g/mol. The smallest absolute Gasteiger partial charge is 0.344 e. The van der Waals surface area contributed by atoms with E-state index in [9.17, 15) is 14.0 Å². The van der Waals surface area contributed by atoms with Gasteiger partial charge in [0.05, 0.1) is 5.39 Å². The Kier molecular flexibility index (Phi) is 3.64. The Morgan fingerprint density at radius 3 is 2.58 bits per heavy atom. The highest BCUT2D eigenvalue weighted by Gasteiger charge is 2.17. The van der Waals surface area contributed by atoms with Gasteiger partial charge in [-0.1, -0.05) is 0 Å². The van der Waals surface area contributed by atoms with E-state index in [4.69, 9.17) is 4.42 Å². The summed E-state index contributed by atoms with van der Waals surface area (Å²) in [7, 11) is 0. The molecular formula is C14H14FNO3. The summed E-state index contributed by atoms with van der Waals surface area (Å²) in [4.78, 5) is 25.4. The molecule has 0 fully saturated rings. The number of carbonyl (C=O) groups is 1. The molecule has 2 aromatic rings. The molecule has 0 aliphatic carbocycles. The summed E-state index contributed by atoms with van der Waals surface area (Å²) in [6.07, 6.45) is 0. The molecule has 1 amide bonds. The first kappa shape index (κ1) is 13.3. The highest BCUT2D eigenvalue weighted by Crippen LogP contribution is 2.15. The highest BCUT2D eigenvalue weighted by atomic mass is 19.1. The van der Waals surface area contributed by atoms with Crippen LogP contribution in [0.1, 0.15) is 24.4 Å². The van der Waals surface area contributed by atoms with Crippen molar-refractivity contribution in [3.8, 4) is 0 Å². The van der Waals surface area contributed by atoms with Gasteiger partial charge in [0.1, 0.15) is 5.82 Å². The molecule has 4 nitrogen and oxygen atoms in total. The summed E-state index contributed by atoms with van der Waals surface area (Å²) in [5.41, 5.74) is -0.631. The van der Waals surface area contributed by atoms with Crippen molar-refractivity contribution in [2.45, 2.75) is 13.8 Å². The second-order valence-electron chi connectivity index (χ2n) is 4.11. The van der Waals surface area contributed by atoms with Crippen LogP contribution in [0.5, 0.6) is 0 Å². The number of nitrogens with zero attached hydrogens (tertiary/aromatic N) is 1. The molecule has 0 N–H and O–H groups in total. The maximum atomic E-state index is 13.2. The highest BCUT2D eigenvalue weighted by molar-refractivity contribution is 5.95. The van der Waals surface area contributed by atoms with Crippen LogP contribution in [0.25, 0.3) is 10.8 Å². The van der Waals surface area contributed by atoms with Crippen molar-refractivity contribution in [1.29, 1.82) is 0 Å². The van der Waals surface area contributed by atoms with Gasteiger partial charge < -0.3 is 9.32 Å². The minimum Gasteiger partial charge on any atom is -0.417 e. The second kappa shape index (κ2) is 5.22. The van der Waals surface area contributed by atoms with E-state index in [2.05, 4.69) is 0 Å². The third-order valence-electron chi connectivity index (χ3n) is 2.98. The predicted octanol–water partition coefficient (Wildman–Crippen LogP) is 2.41. The quantitative estimate of drug-likeness (QED) is 0.854. The van der Waals surface area contributed by atoms with Crippen LogP contribution in [0.4, 0.5) is 4.39 Å². The molecule has 1 heterocycles. The number of fused-ring (bicyclic) bond motifs is 1. The standard InChI is InChI=1S/C14H14FNO3/c1-3-16(4-2)13(17)12-8-9-7-10(15)5-6-11(9)14(18)19-12/h5-8H,3-4H2,1-2H3. The normalized spacial score (nSPS) is 10.7. The van der Waals surface area contributed by atoms with Crippen molar-refractivity contribution >= 4 is 16.7 Å². The van der Waals surface area contributed by atoms with Crippen LogP contribution in [0.15, 0.2) is 33.5 Å². The minimum absolute atomic E-state index is 0.0631. The molecule has 100 valence electrons. The molecule has 19 heavy (non-hydrogen) atoms. The van der Waals surface area contributed by atoms with Crippen molar-refractivity contribution in [3.63, 3.8) is 0 Å². The molecule has 5 heteroatoms. The van der Waals surface area contributed by atoms with Crippen LogP contribution in [-0.4, -0.2) is 23.9 Å². The van der Waals surface area contributed by atoms with Crippen molar-refractivity contribution in [1.82, 2.24) is 4.90 Å². The van der Waals surface area contributed by atoms with Gasteiger partial charge in [0.15, 0.2) is 5.76 Å². The molecular weight excluding hydrogens is 249 g/mol. The van der Waals surface area contributed by atoms with E-state index < -0.39 is 11.4 Å². The number of benzene rings is 1. The monoisotopic (exact) mass is 263 g/mol. The molecule has 0 bridgehead atoms. The number of rotatable bonds is 3.